The van der Waals surface area contributed by atoms with Crippen molar-refractivity contribution < 1.29 is 8.78 Å². The van der Waals surface area contributed by atoms with Crippen LogP contribution in [0.25, 0.3) is 10.9 Å². The van der Waals surface area contributed by atoms with Crippen molar-refractivity contribution >= 4 is 16.7 Å². The van der Waals surface area contributed by atoms with E-state index in [0.29, 0.717) is 5.82 Å². The smallest absolute Gasteiger partial charge is 0.163 e. The normalized spacial score (nSPS) is 11.1. The molecule has 0 bridgehead atoms. The highest BCUT2D eigenvalue weighted by atomic mass is 19.2. The number of fused-ring (bicyclic) bond motifs is 1. The number of anilines is 1. The highest BCUT2D eigenvalue weighted by Crippen LogP contribution is 2.21. The van der Waals surface area contributed by atoms with E-state index in [2.05, 4.69) is 5.10 Å². The van der Waals surface area contributed by atoms with E-state index in [0.717, 1.165) is 17.0 Å². The highest BCUT2D eigenvalue weighted by molar-refractivity contribution is 5.89. The number of nitrogen functional groups attached to an aromatic ring is 1. The lowest BCUT2D eigenvalue weighted by Gasteiger charge is -2.05. The number of benzene rings is 2. The maximum atomic E-state index is 13.6. The van der Waals surface area contributed by atoms with Gasteiger partial charge in [-0.3, -0.25) is 4.68 Å². The molecule has 0 amide bonds. The van der Waals surface area contributed by atoms with E-state index in [1.165, 1.54) is 12.1 Å². The lowest BCUT2D eigenvalue weighted by Crippen LogP contribution is -2.05. The van der Waals surface area contributed by atoms with Gasteiger partial charge in [0.05, 0.1) is 12.1 Å². The third kappa shape index (κ3) is 1.93. The van der Waals surface area contributed by atoms with Crippen LogP contribution in [0.3, 0.4) is 0 Å². The minimum atomic E-state index is -0.859. The molecule has 1 heterocycles. The van der Waals surface area contributed by atoms with Gasteiger partial charge in [0, 0.05) is 10.9 Å². The Morgan fingerprint density at radius 2 is 1.84 bits per heavy atom. The summed E-state index contributed by atoms with van der Waals surface area (Å²) in [6.07, 6.45) is 0. The summed E-state index contributed by atoms with van der Waals surface area (Å²) < 4.78 is 28.4. The molecule has 2 N–H and O–H groups in total. The van der Waals surface area contributed by atoms with Crippen molar-refractivity contribution in [2.45, 2.75) is 6.54 Å². The van der Waals surface area contributed by atoms with Gasteiger partial charge in [0.1, 0.15) is 0 Å². The molecule has 3 aromatic rings. The Hall–Kier alpha value is -2.43. The van der Waals surface area contributed by atoms with Crippen molar-refractivity contribution in [3.63, 3.8) is 0 Å². The minimum absolute atomic E-state index is 0.140. The lowest BCUT2D eigenvalue weighted by atomic mass is 10.2. The fourth-order valence-electron chi connectivity index (χ4n) is 2.11. The van der Waals surface area contributed by atoms with E-state index in [-0.39, 0.29) is 12.1 Å². The number of nitrogens with two attached hydrogens (primary N) is 1. The third-order valence-electron chi connectivity index (χ3n) is 3.04. The van der Waals surface area contributed by atoms with Crippen molar-refractivity contribution in [1.29, 1.82) is 0 Å². The van der Waals surface area contributed by atoms with Gasteiger partial charge in [-0.15, -0.1) is 0 Å². The Morgan fingerprint density at radius 3 is 2.68 bits per heavy atom. The molecule has 0 fully saturated rings. The standard InChI is InChI=1S/C14H11F2N3/c15-11-6-3-4-9(13(11)16)8-19-12-7-2-1-5-10(12)14(17)18-19/h1-7H,8H2,(H2,17,18). The SMILES string of the molecule is Nc1nn(Cc2cccc(F)c2F)c2ccccc12. The molecule has 3 rings (SSSR count). The first-order valence-corrected chi connectivity index (χ1v) is 5.81. The molecule has 19 heavy (non-hydrogen) atoms. The van der Waals surface area contributed by atoms with Gasteiger partial charge in [-0.05, 0) is 18.2 Å². The van der Waals surface area contributed by atoms with Gasteiger partial charge in [0.2, 0.25) is 0 Å². The Labute approximate surface area is 108 Å². The van der Waals surface area contributed by atoms with Gasteiger partial charge in [0.15, 0.2) is 17.5 Å². The van der Waals surface area contributed by atoms with Gasteiger partial charge in [0.25, 0.3) is 0 Å². The molecule has 1 aromatic heterocycles. The molecule has 0 radical (unpaired) electrons. The summed E-state index contributed by atoms with van der Waals surface area (Å²) in [6.45, 7) is 0.140. The molecule has 2 aromatic carbocycles. The fourth-order valence-corrected chi connectivity index (χ4v) is 2.11. The van der Waals surface area contributed by atoms with Crippen molar-refractivity contribution in [3.05, 3.63) is 59.7 Å². The average molecular weight is 259 g/mol. The zero-order valence-electron chi connectivity index (χ0n) is 9.98. The van der Waals surface area contributed by atoms with Crippen LogP contribution in [0.4, 0.5) is 14.6 Å². The van der Waals surface area contributed by atoms with E-state index in [9.17, 15) is 8.78 Å². The minimum Gasteiger partial charge on any atom is -0.382 e. The van der Waals surface area contributed by atoms with Crippen LogP contribution in [0.5, 0.6) is 0 Å². The largest absolute Gasteiger partial charge is 0.382 e. The first-order chi connectivity index (χ1) is 9.16. The zero-order chi connectivity index (χ0) is 13.4. The van der Waals surface area contributed by atoms with Crippen LogP contribution in [0, 0.1) is 11.6 Å². The van der Waals surface area contributed by atoms with Gasteiger partial charge in [-0.1, -0.05) is 24.3 Å². The number of halogens is 2. The second kappa shape index (κ2) is 4.35. The Morgan fingerprint density at radius 1 is 1.05 bits per heavy atom. The van der Waals surface area contributed by atoms with Crippen LogP contribution >= 0.6 is 0 Å². The van der Waals surface area contributed by atoms with Gasteiger partial charge >= 0.3 is 0 Å². The molecule has 0 aliphatic heterocycles. The van der Waals surface area contributed by atoms with E-state index in [1.807, 2.05) is 24.3 Å². The van der Waals surface area contributed by atoms with E-state index in [4.69, 9.17) is 5.73 Å². The number of nitrogens with zero attached hydrogens (tertiary/aromatic N) is 2. The average Bonchev–Trinajstić information content (AvgIpc) is 2.73. The molecular weight excluding hydrogens is 248 g/mol. The summed E-state index contributed by atoms with van der Waals surface area (Å²) in [5.74, 6) is -1.32. The second-order valence-corrected chi connectivity index (χ2v) is 4.27. The molecule has 3 nitrogen and oxygen atoms in total. The summed E-state index contributed by atoms with van der Waals surface area (Å²) in [4.78, 5) is 0. The van der Waals surface area contributed by atoms with E-state index in [1.54, 1.807) is 4.68 Å². The molecule has 0 saturated carbocycles. The third-order valence-corrected chi connectivity index (χ3v) is 3.04. The van der Waals surface area contributed by atoms with Gasteiger partial charge < -0.3 is 5.73 Å². The van der Waals surface area contributed by atoms with Crippen LogP contribution in [-0.4, -0.2) is 9.78 Å². The molecule has 96 valence electrons. The topological polar surface area (TPSA) is 43.8 Å². The molecule has 5 heteroatoms. The van der Waals surface area contributed by atoms with Crippen molar-refractivity contribution in [2.75, 3.05) is 5.73 Å². The monoisotopic (exact) mass is 259 g/mol. The summed E-state index contributed by atoms with van der Waals surface area (Å²) in [7, 11) is 0. The van der Waals surface area contributed by atoms with Crippen molar-refractivity contribution in [1.82, 2.24) is 9.78 Å². The first-order valence-electron chi connectivity index (χ1n) is 5.81. The number of rotatable bonds is 2. The molecule has 0 unspecified atom stereocenters. The van der Waals surface area contributed by atoms with Gasteiger partial charge in [-0.2, -0.15) is 5.10 Å². The molecule has 0 spiro atoms. The highest BCUT2D eigenvalue weighted by Gasteiger charge is 2.12. The van der Waals surface area contributed by atoms with Crippen LogP contribution in [0.1, 0.15) is 5.56 Å². The molecular formula is C14H11F2N3. The molecule has 0 aliphatic rings. The van der Waals surface area contributed by atoms with E-state index >= 15 is 0 Å². The van der Waals surface area contributed by atoms with Crippen LogP contribution in [0.15, 0.2) is 42.5 Å². The quantitative estimate of drug-likeness (QED) is 0.769. The number of para-hydroxylation sites is 1. The fraction of sp³-hybridized carbons (Fsp3) is 0.0714. The lowest BCUT2D eigenvalue weighted by molar-refractivity contribution is 0.493. The summed E-state index contributed by atoms with van der Waals surface area (Å²) in [5, 5.41) is 4.97. The van der Waals surface area contributed by atoms with Crippen LogP contribution in [0.2, 0.25) is 0 Å². The summed E-state index contributed by atoms with van der Waals surface area (Å²) in [5.41, 5.74) is 6.84. The maximum absolute atomic E-state index is 13.6. The molecule has 0 aliphatic carbocycles. The van der Waals surface area contributed by atoms with Crippen LogP contribution in [-0.2, 0) is 6.54 Å². The van der Waals surface area contributed by atoms with Crippen molar-refractivity contribution in [3.8, 4) is 0 Å². The summed E-state index contributed by atoms with van der Waals surface area (Å²) >= 11 is 0. The molecule has 0 saturated heterocycles. The van der Waals surface area contributed by atoms with Crippen molar-refractivity contribution in [2.24, 2.45) is 0 Å². The van der Waals surface area contributed by atoms with E-state index < -0.39 is 11.6 Å². The van der Waals surface area contributed by atoms with Gasteiger partial charge in [-0.25, -0.2) is 8.78 Å². The summed E-state index contributed by atoms with van der Waals surface area (Å²) in [6, 6.07) is 11.5. The molecule has 0 atom stereocenters. The Balaban J connectivity index is 2.09. The van der Waals surface area contributed by atoms with Crippen LogP contribution < -0.4 is 5.73 Å². The predicted octanol–water partition coefficient (Wildman–Crippen LogP) is 2.95. The number of hydrogen-bond acceptors (Lipinski definition) is 2. The second-order valence-electron chi connectivity index (χ2n) is 4.27. The Bertz CT molecular complexity index is 750. The number of aromatic nitrogens is 2. The maximum Gasteiger partial charge on any atom is 0.163 e. The zero-order valence-corrected chi connectivity index (χ0v) is 9.98. The number of hydrogen-bond donors (Lipinski definition) is 1. The Kier molecular flexibility index (Phi) is 2.67. The predicted molar refractivity (Wildman–Crippen MR) is 69.6 cm³/mol. The first kappa shape index (κ1) is 11.6.